The fourth-order valence-electron chi connectivity index (χ4n) is 3.29. The zero-order valence-corrected chi connectivity index (χ0v) is 12.0. The van der Waals surface area contributed by atoms with Gasteiger partial charge in [-0.25, -0.2) is 0 Å². The van der Waals surface area contributed by atoms with Crippen LogP contribution in [0.1, 0.15) is 49.4 Å². The smallest absolute Gasteiger partial charge is 0.166 e. The maximum atomic E-state index is 12.6. The van der Waals surface area contributed by atoms with Gasteiger partial charge >= 0.3 is 0 Å². The van der Waals surface area contributed by atoms with E-state index in [4.69, 9.17) is 0 Å². The van der Waals surface area contributed by atoms with Crippen LogP contribution in [0.3, 0.4) is 0 Å². The summed E-state index contributed by atoms with van der Waals surface area (Å²) >= 11 is 0. The molecule has 1 aromatic carbocycles. The van der Waals surface area contributed by atoms with E-state index in [1.807, 2.05) is 30.3 Å². The Morgan fingerprint density at radius 3 is 2.75 bits per heavy atom. The topological polar surface area (TPSA) is 30.0 Å². The summed E-state index contributed by atoms with van der Waals surface area (Å²) in [7, 11) is 0. The number of carbonyl (C=O) groups excluding carboxylic acids is 1. The van der Waals surface area contributed by atoms with Gasteiger partial charge in [-0.05, 0) is 43.7 Å². The van der Waals surface area contributed by atoms with Crippen LogP contribution in [-0.2, 0) is 0 Å². The molecule has 2 heteroatoms. The summed E-state index contributed by atoms with van der Waals surface area (Å²) < 4.78 is 0. The van der Waals surface area contributed by atoms with Gasteiger partial charge in [0.25, 0.3) is 0 Å². The van der Waals surface area contributed by atoms with Crippen molar-refractivity contribution in [2.24, 2.45) is 11.8 Å². The summed E-state index contributed by atoms with van der Waals surface area (Å²) in [5.41, 5.74) is 1.75. The fraction of sp³-hybridized carbons (Fsp3) is 0.444. The van der Waals surface area contributed by atoms with Crippen molar-refractivity contribution in [1.29, 1.82) is 0 Å². The fourth-order valence-corrected chi connectivity index (χ4v) is 3.29. The normalized spacial score (nSPS) is 22.9. The number of hydrogen-bond acceptors (Lipinski definition) is 2. The maximum Gasteiger partial charge on any atom is 0.166 e. The van der Waals surface area contributed by atoms with Crippen molar-refractivity contribution in [1.82, 2.24) is 4.98 Å². The zero-order chi connectivity index (χ0) is 13.9. The Bertz CT molecular complexity index is 612. The van der Waals surface area contributed by atoms with Crippen LogP contribution in [-0.4, -0.2) is 10.8 Å². The van der Waals surface area contributed by atoms with E-state index >= 15 is 0 Å². The lowest BCUT2D eigenvalue weighted by atomic mass is 9.78. The van der Waals surface area contributed by atoms with Crippen LogP contribution in [0, 0.1) is 11.8 Å². The number of rotatable bonds is 3. The largest absolute Gasteiger partial charge is 0.294 e. The average molecular weight is 267 g/mol. The van der Waals surface area contributed by atoms with E-state index in [2.05, 4.69) is 11.9 Å². The van der Waals surface area contributed by atoms with Crippen molar-refractivity contribution in [3.63, 3.8) is 0 Å². The summed E-state index contributed by atoms with van der Waals surface area (Å²) in [5.74, 6) is 1.36. The summed E-state index contributed by atoms with van der Waals surface area (Å²) in [4.78, 5) is 17.0. The van der Waals surface area contributed by atoms with E-state index in [1.54, 1.807) is 6.20 Å². The molecule has 0 saturated heterocycles. The molecule has 0 aliphatic heterocycles. The van der Waals surface area contributed by atoms with Gasteiger partial charge in [0, 0.05) is 23.1 Å². The molecule has 0 unspecified atom stereocenters. The first-order valence-electron chi connectivity index (χ1n) is 7.67. The van der Waals surface area contributed by atoms with Crippen molar-refractivity contribution < 1.29 is 4.79 Å². The molecular formula is C18H21NO. The van der Waals surface area contributed by atoms with Gasteiger partial charge < -0.3 is 0 Å². The maximum absolute atomic E-state index is 12.6. The SMILES string of the molecule is CCC1CCC(C(=O)c2ccc3cccnc3c2)CC1. The highest BCUT2D eigenvalue weighted by Gasteiger charge is 2.26. The molecule has 1 aromatic heterocycles. The zero-order valence-electron chi connectivity index (χ0n) is 12.0. The molecule has 0 atom stereocenters. The van der Waals surface area contributed by atoms with E-state index in [1.165, 1.54) is 19.3 Å². The second kappa shape index (κ2) is 5.74. The number of ketones is 1. The van der Waals surface area contributed by atoms with Gasteiger partial charge in [0.05, 0.1) is 5.52 Å². The van der Waals surface area contributed by atoms with Crippen LogP contribution in [0.25, 0.3) is 10.9 Å². The van der Waals surface area contributed by atoms with Crippen molar-refractivity contribution in [2.45, 2.75) is 39.0 Å². The Labute approximate surface area is 120 Å². The summed E-state index contributed by atoms with van der Waals surface area (Å²) in [6.45, 7) is 2.25. The second-order valence-electron chi connectivity index (χ2n) is 5.90. The number of nitrogens with zero attached hydrogens (tertiary/aromatic N) is 1. The number of hydrogen-bond donors (Lipinski definition) is 0. The minimum absolute atomic E-state index is 0.221. The number of Topliss-reactive ketones (excluding diaryl/α,β-unsaturated/α-hetero) is 1. The Balaban J connectivity index is 1.79. The number of pyridine rings is 1. The predicted octanol–water partition coefficient (Wildman–Crippen LogP) is 4.63. The third-order valence-electron chi connectivity index (χ3n) is 4.69. The van der Waals surface area contributed by atoms with Crippen molar-refractivity contribution >= 4 is 16.7 Å². The predicted molar refractivity (Wildman–Crippen MR) is 81.8 cm³/mol. The van der Waals surface area contributed by atoms with Crippen LogP contribution in [0.2, 0.25) is 0 Å². The standard InChI is InChI=1S/C18H21NO/c1-2-13-5-7-15(8-6-13)18(20)16-10-9-14-4-3-11-19-17(14)12-16/h3-4,9-13,15H,2,5-8H2,1H3. The number of fused-ring (bicyclic) bond motifs is 1. The monoisotopic (exact) mass is 267 g/mol. The number of aromatic nitrogens is 1. The quantitative estimate of drug-likeness (QED) is 0.759. The van der Waals surface area contributed by atoms with E-state index in [0.717, 1.165) is 35.2 Å². The number of carbonyl (C=O) groups is 1. The van der Waals surface area contributed by atoms with Gasteiger partial charge in [-0.3, -0.25) is 9.78 Å². The first-order chi connectivity index (χ1) is 9.78. The molecule has 104 valence electrons. The van der Waals surface area contributed by atoms with Crippen LogP contribution in [0.15, 0.2) is 36.5 Å². The molecule has 1 aliphatic carbocycles. The number of benzene rings is 1. The van der Waals surface area contributed by atoms with Crippen LogP contribution >= 0.6 is 0 Å². The molecule has 20 heavy (non-hydrogen) atoms. The van der Waals surface area contributed by atoms with Gasteiger partial charge in [0.2, 0.25) is 0 Å². The van der Waals surface area contributed by atoms with Crippen LogP contribution < -0.4 is 0 Å². The average Bonchev–Trinajstić information content (AvgIpc) is 2.54. The second-order valence-corrected chi connectivity index (χ2v) is 5.90. The molecule has 2 nitrogen and oxygen atoms in total. The Morgan fingerprint density at radius 2 is 2.00 bits per heavy atom. The van der Waals surface area contributed by atoms with Gasteiger partial charge in [-0.1, -0.05) is 31.5 Å². The Hall–Kier alpha value is -1.70. The van der Waals surface area contributed by atoms with Crippen molar-refractivity contribution in [3.05, 3.63) is 42.1 Å². The minimum Gasteiger partial charge on any atom is -0.294 e. The van der Waals surface area contributed by atoms with Gasteiger partial charge in [0.1, 0.15) is 0 Å². The van der Waals surface area contributed by atoms with Gasteiger partial charge in [0.15, 0.2) is 5.78 Å². The van der Waals surface area contributed by atoms with Crippen molar-refractivity contribution in [2.75, 3.05) is 0 Å². The molecule has 1 fully saturated rings. The summed E-state index contributed by atoms with van der Waals surface area (Å²) in [6, 6.07) is 9.87. The molecule has 0 radical (unpaired) electrons. The molecule has 0 spiro atoms. The molecule has 0 N–H and O–H groups in total. The van der Waals surface area contributed by atoms with E-state index < -0.39 is 0 Å². The lowest BCUT2D eigenvalue weighted by Gasteiger charge is -2.26. The summed E-state index contributed by atoms with van der Waals surface area (Å²) in [6.07, 6.45) is 7.55. The van der Waals surface area contributed by atoms with Crippen molar-refractivity contribution in [3.8, 4) is 0 Å². The summed E-state index contributed by atoms with van der Waals surface area (Å²) in [5, 5.41) is 1.10. The third-order valence-corrected chi connectivity index (χ3v) is 4.69. The molecule has 1 aliphatic rings. The lowest BCUT2D eigenvalue weighted by Crippen LogP contribution is -2.21. The molecule has 0 amide bonds. The Kier molecular flexibility index (Phi) is 3.81. The lowest BCUT2D eigenvalue weighted by molar-refractivity contribution is 0.0871. The first-order valence-corrected chi connectivity index (χ1v) is 7.67. The molecule has 2 aromatic rings. The molecule has 1 heterocycles. The highest BCUT2D eigenvalue weighted by molar-refractivity contribution is 6.00. The molecular weight excluding hydrogens is 246 g/mol. The highest BCUT2D eigenvalue weighted by Crippen LogP contribution is 2.32. The highest BCUT2D eigenvalue weighted by atomic mass is 16.1. The van der Waals surface area contributed by atoms with Gasteiger partial charge in [-0.15, -0.1) is 0 Å². The van der Waals surface area contributed by atoms with Gasteiger partial charge in [-0.2, -0.15) is 0 Å². The minimum atomic E-state index is 0.221. The molecule has 0 bridgehead atoms. The van der Waals surface area contributed by atoms with E-state index in [9.17, 15) is 4.79 Å². The third kappa shape index (κ3) is 2.60. The van der Waals surface area contributed by atoms with E-state index in [0.29, 0.717) is 5.78 Å². The molecule has 3 rings (SSSR count). The van der Waals surface area contributed by atoms with E-state index in [-0.39, 0.29) is 5.92 Å². The first kappa shape index (κ1) is 13.3. The van der Waals surface area contributed by atoms with Crippen LogP contribution in [0.5, 0.6) is 0 Å². The molecule has 1 saturated carbocycles. The van der Waals surface area contributed by atoms with Crippen LogP contribution in [0.4, 0.5) is 0 Å². The Morgan fingerprint density at radius 1 is 1.20 bits per heavy atom.